The number of anilines is 1. The normalized spacial score (nSPS) is 19.4. The van der Waals surface area contributed by atoms with Crippen LogP contribution in [0.5, 0.6) is 0 Å². The standard InChI is InChI=1S/C15H19N5S.V/c16-9-19-5-7-20(8-6-19)14-13-11-3-1-2-4-12(11)21-15(13)18-10-17-14;/h10H,1-8,16H2;. The predicted octanol–water partition coefficient (Wildman–Crippen LogP) is 1.29. The average Bonchev–Trinajstić information content (AvgIpc) is 2.93. The summed E-state index contributed by atoms with van der Waals surface area (Å²) < 4.78 is 0.855. The molecule has 2 aliphatic rings. The molecule has 1 fully saturated rings. The van der Waals surface area contributed by atoms with Crippen molar-refractivity contribution in [2.24, 2.45) is 5.73 Å². The van der Waals surface area contributed by atoms with Crippen LogP contribution in [0.4, 0.5) is 5.82 Å². The van der Waals surface area contributed by atoms with Gasteiger partial charge in [-0.25, -0.2) is 0 Å². The summed E-state index contributed by atoms with van der Waals surface area (Å²) in [5.74, 6) is 1.13. The van der Waals surface area contributed by atoms with Crippen molar-refractivity contribution in [2.45, 2.75) is 25.7 Å². The van der Waals surface area contributed by atoms with Crippen LogP contribution < -0.4 is 10.6 Å². The van der Waals surface area contributed by atoms with E-state index in [-0.39, 0.29) is 0 Å². The van der Waals surface area contributed by atoms with Crippen molar-refractivity contribution < 1.29 is 17.0 Å². The fourth-order valence-corrected chi connectivity index (χ4v) is 5.00. The summed E-state index contributed by atoms with van der Waals surface area (Å²) in [4.78, 5) is 16.5. The van der Waals surface area contributed by atoms with Gasteiger partial charge in [0, 0.05) is 0 Å². The number of aryl methyl sites for hydroxylation is 2. The average molecular weight is 352 g/mol. The van der Waals surface area contributed by atoms with Crippen LogP contribution in [0.2, 0.25) is 0 Å². The molecule has 2 aromatic heterocycles. The van der Waals surface area contributed by atoms with Crippen molar-refractivity contribution in [1.29, 1.82) is 0 Å². The topological polar surface area (TPSA) is 58.3 Å². The molecule has 0 bridgehead atoms. The summed E-state index contributed by atoms with van der Waals surface area (Å²) in [5, 5.41) is 1.32. The van der Waals surface area contributed by atoms with Crippen LogP contribution in [0.1, 0.15) is 23.3 Å². The van der Waals surface area contributed by atoms with Crippen LogP contribution in [0, 0.1) is 0 Å². The monoisotopic (exact) mass is 352 g/mol. The Bertz CT molecular complexity index is 720. The summed E-state index contributed by atoms with van der Waals surface area (Å²) in [5.41, 5.74) is 7.40. The maximum absolute atomic E-state index is 5.89. The molecule has 22 heavy (non-hydrogen) atoms. The molecule has 0 aromatic carbocycles. The first-order chi connectivity index (χ1) is 10.7. The summed E-state index contributed by atoms with van der Waals surface area (Å²) in [6, 6.07) is 0. The van der Waals surface area contributed by atoms with E-state index in [1.165, 1.54) is 41.5 Å². The summed E-state index contributed by atoms with van der Waals surface area (Å²) >= 11 is 4.31. The fourth-order valence-electron chi connectivity index (χ4n) is 3.46. The molecule has 115 valence electrons. The molecular weight excluding hydrogens is 333 g/mol. The predicted molar refractivity (Wildman–Crippen MR) is 87.0 cm³/mol. The van der Waals surface area contributed by atoms with Gasteiger partial charge in [-0.1, -0.05) is 0 Å². The zero-order chi connectivity index (χ0) is 15.1. The van der Waals surface area contributed by atoms with E-state index >= 15 is 0 Å². The Morgan fingerprint density at radius 2 is 1.91 bits per heavy atom. The molecule has 2 N–H and O–H groups in total. The summed E-state index contributed by atoms with van der Waals surface area (Å²) in [7, 11) is 0. The SMILES string of the molecule is N[C](=[V])N1CCN(c2ncnc3sc4c(c23)CCCC4)CC1. The van der Waals surface area contributed by atoms with Gasteiger partial charge < -0.3 is 0 Å². The molecule has 5 nitrogen and oxygen atoms in total. The van der Waals surface area contributed by atoms with E-state index in [1.807, 2.05) is 11.3 Å². The number of nitrogens with two attached hydrogens (primary N) is 1. The van der Waals surface area contributed by atoms with E-state index < -0.39 is 0 Å². The molecule has 1 saturated heterocycles. The van der Waals surface area contributed by atoms with E-state index in [0.29, 0.717) is 0 Å². The number of fused-ring (bicyclic) bond motifs is 3. The van der Waals surface area contributed by atoms with E-state index in [1.54, 1.807) is 6.33 Å². The molecule has 1 aliphatic carbocycles. The van der Waals surface area contributed by atoms with Crippen LogP contribution in [0.25, 0.3) is 10.2 Å². The molecule has 0 amide bonds. The van der Waals surface area contributed by atoms with Crippen LogP contribution in [-0.2, 0) is 29.8 Å². The van der Waals surface area contributed by atoms with Gasteiger partial charge in [0.15, 0.2) is 0 Å². The molecule has 2 aromatic rings. The molecule has 0 spiro atoms. The number of aromatic nitrogens is 2. The van der Waals surface area contributed by atoms with Crippen molar-refractivity contribution in [1.82, 2.24) is 14.9 Å². The second kappa shape index (κ2) is 6.02. The zero-order valence-corrected chi connectivity index (χ0v) is 14.7. The van der Waals surface area contributed by atoms with Crippen LogP contribution in [-0.4, -0.2) is 45.5 Å². The van der Waals surface area contributed by atoms with Gasteiger partial charge in [-0.15, -0.1) is 0 Å². The first-order valence-corrected chi connectivity index (χ1v) is 9.32. The van der Waals surface area contributed by atoms with Gasteiger partial charge in [-0.05, 0) is 0 Å². The third-order valence-electron chi connectivity index (χ3n) is 4.63. The van der Waals surface area contributed by atoms with Crippen LogP contribution in [0.3, 0.4) is 0 Å². The Morgan fingerprint density at radius 1 is 1.14 bits per heavy atom. The van der Waals surface area contributed by atoms with Crippen molar-refractivity contribution in [3.63, 3.8) is 0 Å². The van der Waals surface area contributed by atoms with E-state index in [9.17, 15) is 0 Å². The van der Waals surface area contributed by atoms with Gasteiger partial charge in [-0.3, -0.25) is 0 Å². The molecule has 1 aliphatic heterocycles. The molecular formula is C15H19N5SV. The van der Waals surface area contributed by atoms with E-state index in [2.05, 4.69) is 36.7 Å². The minimum absolute atomic E-state index is 0.855. The minimum atomic E-state index is 0.855. The van der Waals surface area contributed by atoms with Crippen LogP contribution >= 0.6 is 11.3 Å². The van der Waals surface area contributed by atoms with Crippen molar-refractivity contribution in [2.75, 3.05) is 31.1 Å². The van der Waals surface area contributed by atoms with Crippen LogP contribution in [0.15, 0.2) is 6.33 Å². The van der Waals surface area contributed by atoms with Gasteiger partial charge in [0.25, 0.3) is 0 Å². The Morgan fingerprint density at radius 3 is 2.68 bits per heavy atom. The van der Waals surface area contributed by atoms with E-state index in [4.69, 9.17) is 5.73 Å². The van der Waals surface area contributed by atoms with Gasteiger partial charge in [0.1, 0.15) is 0 Å². The van der Waals surface area contributed by atoms with Crippen molar-refractivity contribution in [3.05, 3.63) is 16.8 Å². The maximum atomic E-state index is 5.89. The molecule has 3 heterocycles. The Kier molecular flexibility index (Phi) is 4.04. The number of hydrogen-bond acceptors (Lipinski definition) is 6. The first kappa shape index (κ1) is 14.8. The second-order valence-corrected chi connectivity index (χ2v) is 7.72. The molecule has 4 rings (SSSR count). The quantitative estimate of drug-likeness (QED) is 0.883. The first-order valence-electron chi connectivity index (χ1n) is 7.80. The van der Waals surface area contributed by atoms with Gasteiger partial charge in [0.05, 0.1) is 0 Å². The summed E-state index contributed by atoms with van der Waals surface area (Å²) in [6.07, 6.45) is 6.72. The fraction of sp³-hybridized carbons (Fsp3) is 0.533. The van der Waals surface area contributed by atoms with Gasteiger partial charge >= 0.3 is 143 Å². The van der Waals surface area contributed by atoms with Gasteiger partial charge in [0.2, 0.25) is 0 Å². The third-order valence-corrected chi connectivity index (χ3v) is 6.28. The summed E-state index contributed by atoms with van der Waals surface area (Å²) in [6.45, 7) is 3.85. The van der Waals surface area contributed by atoms with Crippen molar-refractivity contribution in [3.8, 4) is 0 Å². The molecule has 0 unspecified atom stereocenters. The number of piperazine rings is 1. The molecule has 7 heteroatoms. The number of hydrogen-bond donors (Lipinski definition) is 1. The van der Waals surface area contributed by atoms with Crippen molar-refractivity contribution >= 4 is 31.8 Å². The Labute approximate surface area is 143 Å². The van der Waals surface area contributed by atoms with E-state index in [0.717, 1.165) is 41.3 Å². The van der Waals surface area contributed by atoms with Gasteiger partial charge in [-0.2, -0.15) is 0 Å². The Balaban J connectivity index is 1.70. The molecule has 0 radical (unpaired) electrons. The Hall–Kier alpha value is -0.786. The molecule has 0 atom stereocenters. The third kappa shape index (κ3) is 2.53. The number of rotatable bonds is 2. The number of nitrogens with zero attached hydrogens (tertiary/aromatic N) is 4. The second-order valence-electron chi connectivity index (χ2n) is 5.92. The molecule has 0 saturated carbocycles. The zero-order valence-electron chi connectivity index (χ0n) is 12.5. The number of thiophene rings is 1.